The molecule has 4 nitrogen and oxygen atoms in total. The molecule has 0 aromatic carbocycles. The van der Waals surface area contributed by atoms with E-state index in [1.54, 1.807) is 6.92 Å². The zero-order valence-electron chi connectivity index (χ0n) is 7.37. The molecule has 1 aromatic heterocycles. The molecule has 2 unspecified atom stereocenters. The van der Waals surface area contributed by atoms with Gasteiger partial charge in [0.15, 0.2) is 5.82 Å². The van der Waals surface area contributed by atoms with Crippen LogP contribution in [0.2, 0.25) is 0 Å². The topological polar surface area (TPSA) is 51.0 Å². The van der Waals surface area contributed by atoms with Crippen molar-refractivity contribution in [3.8, 4) is 0 Å². The number of hydrogen-bond donors (Lipinski definition) is 1. The molecule has 1 saturated carbocycles. The second-order valence-electron chi connectivity index (χ2n) is 3.43. The van der Waals surface area contributed by atoms with Crippen molar-refractivity contribution in [1.29, 1.82) is 0 Å². The fourth-order valence-corrected chi connectivity index (χ4v) is 1.24. The van der Waals surface area contributed by atoms with Gasteiger partial charge in [0, 0.05) is 13.0 Å². The molecule has 1 heterocycles. The minimum absolute atomic E-state index is 0.635. The molecule has 1 aliphatic rings. The van der Waals surface area contributed by atoms with Crippen LogP contribution >= 0.6 is 0 Å². The van der Waals surface area contributed by atoms with Gasteiger partial charge in [-0.1, -0.05) is 12.1 Å². The van der Waals surface area contributed by atoms with Crippen molar-refractivity contribution in [1.82, 2.24) is 15.5 Å². The van der Waals surface area contributed by atoms with E-state index in [1.165, 1.54) is 6.42 Å². The second-order valence-corrected chi connectivity index (χ2v) is 3.43. The SMILES string of the molecule is Cc1nc(CNC2CC2C)no1. The molecule has 0 saturated heterocycles. The third-order valence-corrected chi connectivity index (χ3v) is 2.20. The molecule has 0 aliphatic heterocycles. The van der Waals surface area contributed by atoms with Gasteiger partial charge < -0.3 is 9.84 Å². The Balaban J connectivity index is 1.80. The van der Waals surface area contributed by atoms with Crippen LogP contribution in [0.4, 0.5) is 0 Å². The molecule has 2 atom stereocenters. The molecular formula is C8H13N3O. The van der Waals surface area contributed by atoms with Gasteiger partial charge in [-0.15, -0.1) is 0 Å². The van der Waals surface area contributed by atoms with E-state index in [0.29, 0.717) is 11.9 Å². The van der Waals surface area contributed by atoms with E-state index < -0.39 is 0 Å². The Morgan fingerprint density at radius 1 is 1.67 bits per heavy atom. The van der Waals surface area contributed by atoms with Gasteiger partial charge in [-0.05, 0) is 12.3 Å². The first kappa shape index (κ1) is 7.73. The van der Waals surface area contributed by atoms with Gasteiger partial charge >= 0.3 is 0 Å². The van der Waals surface area contributed by atoms with Gasteiger partial charge in [0.2, 0.25) is 5.89 Å². The van der Waals surface area contributed by atoms with E-state index >= 15 is 0 Å². The van der Waals surface area contributed by atoms with Crippen molar-refractivity contribution in [2.75, 3.05) is 0 Å². The number of nitrogens with one attached hydrogen (secondary N) is 1. The summed E-state index contributed by atoms with van der Waals surface area (Å²) >= 11 is 0. The Labute approximate surface area is 71.4 Å². The molecular weight excluding hydrogens is 154 g/mol. The van der Waals surface area contributed by atoms with Gasteiger partial charge in [-0.25, -0.2) is 0 Å². The zero-order chi connectivity index (χ0) is 8.55. The van der Waals surface area contributed by atoms with Gasteiger partial charge in [-0.2, -0.15) is 4.98 Å². The quantitative estimate of drug-likeness (QED) is 0.726. The van der Waals surface area contributed by atoms with Crippen LogP contribution in [0.3, 0.4) is 0 Å². The standard InChI is InChI=1S/C8H13N3O/c1-5-3-7(5)9-4-8-10-6(2)12-11-8/h5,7,9H,3-4H2,1-2H3. The summed E-state index contributed by atoms with van der Waals surface area (Å²) in [5, 5.41) is 7.14. The van der Waals surface area contributed by atoms with Crippen LogP contribution in [0.5, 0.6) is 0 Å². The lowest BCUT2D eigenvalue weighted by atomic mass is 10.4. The number of rotatable bonds is 3. The highest BCUT2D eigenvalue weighted by molar-refractivity contribution is 4.92. The summed E-state index contributed by atoms with van der Waals surface area (Å²) in [6.45, 7) is 4.77. The summed E-state index contributed by atoms with van der Waals surface area (Å²) in [6, 6.07) is 0.670. The van der Waals surface area contributed by atoms with Gasteiger partial charge in [0.1, 0.15) is 0 Å². The molecule has 66 valence electrons. The smallest absolute Gasteiger partial charge is 0.223 e. The van der Waals surface area contributed by atoms with Crippen LogP contribution in [0, 0.1) is 12.8 Å². The molecule has 1 fully saturated rings. The van der Waals surface area contributed by atoms with Crippen LogP contribution in [0.15, 0.2) is 4.52 Å². The van der Waals surface area contributed by atoms with Gasteiger partial charge in [0.05, 0.1) is 6.54 Å². The lowest BCUT2D eigenvalue weighted by molar-refractivity contribution is 0.385. The van der Waals surface area contributed by atoms with Crippen molar-refractivity contribution in [2.45, 2.75) is 32.9 Å². The summed E-state index contributed by atoms with van der Waals surface area (Å²) in [5.74, 6) is 2.21. The molecule has 1 aromatic rings. The number of hydrogen-bond acceptors (Lipinski definition) is 4. The Kier molecular flexibility index (Phi) is 1.84. The average molecular weight is 167 g/mol. The summed E-state index contributed by atoms with van der Waals surface area (Å²) in [7, 11) is 0. The van der Waals surface area contributed by atoms with Crippen molar-refractivity contribution in [3.63, 3.8) is 0 Å². The van der Waals surface area contributed by atoms with E-state index in [1.807, 2.05) is 0 Å². The summed E-state index contributed by atoms with van der Waals surface area (Å²) in [6.07, 6.45) is 1.27. The molecule has 0 radical (unpaired) electrons. The molecule has 1 aliphatic carbocycles. The molecule has 4 heteroatoms. The lowest BCUT2D eigenvalue weighted by Crippen LogP contribution is -2.17. The van der Waals surface area contributed by atoms with Crippen LogP contribution in [-0.4, -0.2) is 16.2 Å². The van der Waals surface area contributed by atoms with Crippen LogP contribution < -0.4 is 5.32 Å². The maximum atomic E-state index is 4.84. The van der Waals surface area contributed by atoms with Crippen molar-refractivity contribution >= 4 is 0 Å². The van der Waals surface area contributed by atoms with E-state index in [-0.39, 0.29) is 0 Å². The average Bonchev–Trinajstić information content (AvgIpc) is 2.56. The highest BCUT2D eigenvalue weighted by Gasteiger charge is 2.31. The number of aromatic nitrogens is 2. The normalized spacial score (nSPS) is 27.5. The van der Waals surface area contributed by atoms with E-state index in [0.717, 1.165) is 18.3 Å². The first-order valence-corrected chi connectivity index (χ1v) is 4.28. The molecule has 1 N–H and O–H groups in total. The fourth-order valence-electron chi connectivity index (χ4n) is 1.24. The van der Waals surface area contributed by atoms with E-state index in [2.05, 4.69) is 22.4 Å². The van der Waals surface area contributed by atoms with Crippen LogP contribution in [-0.2, 0) is 6.54 Å². The minimum atomic E-state index is 0.635. The zero-order valence-corrected chi connectivity index (χ0v) is 7.37. The predicted molar refractivity (Wildman–Crippen MR) is 43.4 cm³/mol. The Morgan fingerprint density at radius 2 is 2.42 bits per heavy atom. The van der Waals surface area contributed by atoms with E-state index in [9.17, 15) is 0 Å². The third-order valence-electron chi connectivity index (χ3n) is 2.20. The van der Waals surface area contributed by atoms with Crippen molar-refractivity contribution < 1.29 is 4.52 Å². The number of aryl methyl sites for hydroxylation is 1. The first-order chi connectivity index (χ1) is 5.75. The maximum absolute atomic E-state index is 4.84. The summed E-state index contributed by atoms with van der Waals surface area (Å²) in [5.41, 5.74) is 0. The summed E-state index contributed by atoms with van der Waals surface area (Å²) < 4.78 is 4.84. The van der Waals surface area contributed by atoms with Crippen LogP contribution in [0.25, 0.3) is 0 Å². The van der Waals surface area contributed by atoms with Crippen molar-refractivity contribution in [2.24, 2.45) is 5.92 Å². The Hall–Kier alpha value is -0.900. The highest BCUT2D eigenvalue weighted by atomic mass is 16.5. The minimum Gasteiger partial charge on any atom is -0.340 e. The van der Waals surface area contributed by atoms with Gasteiger partial charge in [-0.3, -0.25) is 0 Å². The predicted octanol–water partition coefficient (Wildman–Crippen LogP) is 0.876. The second kappa shape index (κ2) is 2.86. The highest BCUT2D eigenvalue weighted by Crippen LogP contribution is 2.28. The third kappa shape index (κ3) is 1.64. The molecule has 0 spiro atoms. The largest absolute Gasteiger partial charge is 0.340 e. The first-order valence-electron chi connectivity index (χ1n) is 4.28. The van der Waals surface area contributed by atoms with Gasteiger partial charge in [0.25, 0.3) is 0 Å². The molecule has 12 heavy (non-hydrogen) atoms. The van der Waals surface area contributed by atoms with E-state index in [4.69, 9.17) is 4.52 Å². The van der Waals surface area contributed by atoms with Crippen LogP contribution in [0.1, 0.15) is 25.1 Å². The Morgan fingerprint density at radius 3 is 2.92 bits per heavy atom. The molecule has 0 amide bonds. The van der Waals surface area contributed by atoms with Crippen molar-refractivity contribution in [3.05, 3.63) is 11.7 Å². The Bertz CT molecular complexity index is 271. The molecule has 0 bridgehead atoms. The fraction of sp³-hybridized carbons (Fsp3) is 0.750. The number of nitrogens with zero attached hydrogens (tertiary/aromatic N) is 2. The summed E-state index contributed by atoms with van der Waals surface area (Å²) in [4.78, 5) is 4.10. The maximum Gasteiger partial charge on any atom is 0.223 e. The lowest BCUT2D eigenvalue weighted by Gasteiger charge is -1.96. The molecule has 2 rings (SSSR count). The monoisotopic (exact) mass is 167 g/mol.